The topological polar surface area (TPSA) is 45.7 Å². The van der Waals surface area contributed by atoms with Crippen molar-refractivity contribution in [2.24, 2.45) is 0 Å². The normalized spacial score (nSPS) is 16.4. The zero-order chi connectivity index (χ0) is 17.3. The summed E-state index contributed by atoms with van der Waals surface area (Å²) in [7, 11) is 0. The molecule has 0 spiro atoms. The first-order valence-electron chi connectivity index (χ1n) is 7.33. The first kappa shape index (κ1) is 17.4. The van der Waals surface area contributed by atoms with Crippen molar-refractivity contribution in [2.75, 3.05) is 31.1 Å². The van der Waals surface area contributed by atoms with Crippen LogP contribution in [0.5, 0.6) is 0 Å². The molecule has 128 valence electrons. The molecule has 1 saturated heterocycles. The van der Waals surface area contributed by atoms with E-state index >= 15 is 0 Å². The van der Waals surface area contributed by atoms with Gasteiger partial charge in [-0.2, -0.15) is 13.2 Å². The monoisotopic (exact) mass is 331 g/mol. The number of alkyl halides is 3. The number of halogens is 3. The molecule has 2 heterocycles. The minimum Gasteiger partial charge on any atom is -0.444 e. The zero-order valence-corrected chi connectivity index (χ0v) is 13.4. The molecular formula is C15H20F3N3O2. The average molecular weight is 331 g/mol. The lowest BCUT2D eigenvalue weighted by Gasteiger charge is -2.36. The van der Waals surface area contributed by atoms with Crippen LogP contribution in [0.4, 0.5) is 23.8 Å². The highest BCUT2D eigenvalue weighted by molar-refractivity contribution is 5.68. The van der Waals surface area contributed by atoms with Crippen molar-refractivity contribution in [3.8, 4) is 0 Å². The van der Waals surface area contributed by atoms with Crippen molar-refractivity contribution in [2.45, 2.75) is 32.5 Å². The maximum Gasteiger partial charge on any atom is 0.433 e. The fraction of sp³-hybridized carbons (Fsp3) is 0.600. The van der Waals surface area contributed by atoms with Gasteiger partial charge in [0, 0.05) is 26.2 Å². The Morgan fingerprint density at radius 1 is 1.13 bits per heavy atom. The Morgan fingerprint density at radius 2 is 1.74 bits per heavy atom. The van der Waals surface area contributed by atoms with E-state index in [9.17, 15) is 18.0 Å². The minimum atomic E-state index is -4.46. The quantitative estimate of drug-likeness (QED) is 0.793. The largest absolute Gasteiger partial charge is 0.444 e. The predicted octanol–water partition coefficient (Wildman–Crippen LogP) is 3.16. The molecule has 0 saturated carbocycles. The molecule has 1 amide bonds. The summed E-state index contributed by atoms with van der Waals surface area (Å²) in [4.78, 5) is 18.9. The lowest BCUT2D eigenvalue weighted by molar-refractivity contribution is -0.141. The molecule has 1 aliphatic heterocycles. The molecule has 1 aromatic heterocycles. The lowest BCUT2D eigenvalue weighted by Crippen LogP contribution is -2.50. The maximum absolute atomic E-state index is 12.7. The lowest BCUT2D eigenvalue weighted by atomic mass is 10.2. The van der Waals surface area contributed by atoms with E-state index in [1.807, 2.05) is 0 Å². The fourth-order valence-electron chi connectivity index (χ4n) is 2.20. The first-order chi connectivity index (χ1) is 10.6. The summed E-state index contributed by atoms with van der Waals surface area (Å²) in [5.41, 5.74) is -1.49. The number of amides is 1. The Bertz CT molecular complexity index is 562. The van der Waals surface area contributed by atoms with Crippen molar-refractivity contribution in [3.63, 3.8) is 0 Å². The number of rotatable bonds is 1. The van der Waals surface area contributed by atoms with E-state index in [0.717, 1.165) is 6.07 Å². The van der Waals surface area contributed by atoms with Gasteiger partial charge in [-0.15, -0.1) is 0 Å². The fourth-order valence-corrected chi connectivity index (χ4v) is 2.20. The highest BCUT2D eigenvalue weighted by Gasteiger charge is 2.33. The second-order valence-corrected chi connectivity index (χ2v) is 6.33. The number of carbonyl (C=O) groups is 1. The second-order valence-electron chi connectivity index (χ2n) is 6.33. The molecule has 2 rings (SSSR count). The van der Waals surface area contributed by atoms with Crippen LogP contribution in [0.25, 0.3) is 0 Å². The summed E-state index contributed by atoms with van der Waals surface area (Å²) in [5, 5.41) is 0. The molecule has 0 aliphatic carbocycles. The van der Waals surface area contributed by atoms with Gasteiger partial charge in [0.05, 0.1) is 0 Å². The third kappa shape index (κ3) is 4.74. The van der Waals surface area contributed by atoms with Gasteiger partial charge >= 0.3 is 12.3 Å². The molecule has 0 unspecified atom stereocenters. The summed E-state index contributed by atoms with van der Waals surface area (Å²) < 4.78 is 43.4. The Hall–Kier alpha value is -1.99. The van der Waals surface area contributed by atoms with Crippen LogP contribution in [0.3, 0.4) is 0 Å². The van der Waals surface area contributed by atoms with Crippen LogP contribution < -0.4 is 4.90 Å². The van der Waals surface area contributed by atoms with Crippen molar-refractivity contribution in [1.29, 1.82) is 0 Å². The van der Waals surface area contributed by atoms with Gasteiger partial charge in [-0.05, 0) is 32.9 Å². The first-order valence-corrected chi connectivity index (χ1v) is 7.33. The Kier molecular flexibility index (Phi) is 4.72. The van der Waals surface area contributed by atoms with Gasteiger partial charge in [0.2, 0.25) is 0 Å². The predicted molar refractivity (Wildman–Crippen MR) is 79.3 cm³/mol. The second kappa shape index (κ2) is 6.25. The van der Waals surface area contributed by atoms with Crippen molar-refractivity contribution < 1.29 is 22.7 Å². The molecular weight excluding hydrogens is 311 g/mol. The van der Waals surface area contributed by atoms with E-state index in [2.05, 4.69) is 4.98 Å². The van der Waals surface area contributed by atoms with Gasteiger partial charge in [-0.3, -0.25) is 0 Å². The van der Waals surface area contributed by atoms with Crippen molar-refractivity contribution in [1.82, 2.24) is 9.88 Å². The Labute approximate surface area is 133 Å². The average Bonchev–Trinajstić information content (AvgIpc) is 2.45. The van der Waals surface area contributed by atoms with Gasteiger partial charge < -0.3 is 14.5 Å². The third-order valence-corrected chi connectivity index (χ3v) is 3.28. The standard InChI is InChI=1S/C15H20F3N3O2/c1-14(2,3)23-13(22)21-9-7-20(8-10-21)12-6-4-5-11(19-12)15(16,17)18/h4-6H,7-10H2,1-3H3. The Morgan fingerprint density at radius 3 is 2.26 bits per heavy atom. The number of hydrogen-bond acceptors (Lipinski definition) is 4. The molecule has 5 nitrogen and oxygen atoms in total. The van der Waals surface area contributed by atoms with Crippen LogP contribution >= 0.6 is 0 Å². The van der Waals surface area contributed by atoms with E-state index in [-0.39, 0.29) is 5.82 Å². The molecule has 1 fully saturated rings. The van der Waals surface area contributed by atoms with Crippen LogP contribution in [0.2, 0.25) is 0 Å². The molecule has 0 N–H and O–H groups in total. The number of nitrogens with zero attached hydrogens (tertiary/aromatic N) is 3. The highest BCUT2D eigenvalue weighted by Crippen LogP contribution is 2.29. The minimum absolute atomic E-state index is 0.267. The van der Waals surface area contributed by atoms with Crippen LogP contribution in [-0.4, -0.2) is 47.8 Å². The number of hydrogen-bond donors (Lipinski definition) is 0. The maximum atomic E-state index is 12.7. The smallest absolute Gasteiger partial charge is 0.433 e. The van der Waals surface area contributed by atoms with Crippen LogP contribution in [0.1, 0.15) is 26.5 Å². The molecule has 8 heteroatoms. The van der Waals surface area contributed by atoms with Gasteiger partial charge in [0.1, 0.15) is 17.1 Å². The zero-order valence-electron chi connectivity index (χ0n) is 13.4. The van der Waals surface area contributed by atoms with Gasteiger partial charge in [-0.25, -0.2) is 9.78 Å². The van der Waals surface area contributed by atoms with E-state index < -0.39 is 23.6 Å². The number of piperazine rings is 1. The van der Waals surface area contributed by atoms with Gasteiger partial charge in [0.15, 0.2) is 0 Å². The summed E-state index contributed by atoms with van der Waals surface area (Å²) in [6.45, 7) is 6.94. The molecule has 0 aromatic carbocycles. The number of pyridine rings is 1. The van der Waals surface area contributed by atoms with Gasteiger partial charge in [0.25, 0.3) is 0 Å². The van der Waals surface area contributed by atoms with E-state index in [4.69, 9.17) is 4.74 Å². The summed E-state index contributed by atoms with van der Waals surface area (Å²) in [5.74, 6) is 0.267. The molecule has 1 aliphatic rings. The number of carbonyl (C=O) groups excluding carboxylic acids is 1. The van der Waals surface area contributed by atoms with Gasteiger partial charge in [-0.1, -0.05) is 6.07 Å². The number of aromatic nitrogens is 1. The van der Waals surface area contributed by atoms with Crippen LogP contribution in [0.15, 0.2) is 18.2 Å². The molecule has 0 radical (unpaired) electrons. The molecule has 1 aromatic rings. The van der Waals surface area contributed by atoms with Crippen molar-refractivity contribution >= 4 is 11.9 Å². The number of anilines is 1. The van der Waals surface area contributed by atoms with E-state index in [1.54, 1.807) is 36.6 Å². The molecule has 0 atom stereocenters. The third-order valence-electron chi connectivity index (χ3n) is 3.28. The number of ether oxygens (including phenoxy) is 1. The van der Waals surface area contributed by atoms with E-state index in [0.29, 0.717) is 26.2 Å². The molecule has 23 heavy (non-hydrogen) atoms. The van der Waals surface area contributed by atoms with E-state index in [1.165, 1.54) is 6.07 Å². The van der Waals surface area contributed by atoms with Crippen LogP contribution in [-0.2, 0) is 10.9 Å². The summed E-state index contributed by atoms with van der Waals surface area (Å²) in [6, 6.07) is 3.82. The molecule has 0 bridgehead atoms. The summed E-state index contributed by atoms with van der Waals surface area (Å²) >= 11 is 0. The van der Waals surface area contributed by atoms with Crippen molar-refractivity contribution in [3.05, 3.63) is 23.9 Å². The SMILES string of the molecule is CC(C)(C)OC(=O)N1CCN(c2cccc(C(F)(F)F)n2)CC1. The highest BCUT2D eigenvalue weighted by atomic mass is 19.4. The Balaban J connectivity index is 1.98. The summed E-state index contributed by atoms with van der Waals surface area (Å²) in [6.07, 6.45) is -4.87. The van der Waals surface area contributed by atoms with Crippen LogP contribution in [0, 0.1) is 0 Å².